The molecule has 0 unspecified atom stereocenters. The van der Waals surface area contributed by atoms with E-state index in [0.717, 1.165) is 19.6 Å². The van der Waals surface area contributed by atoms with Crippen molar-refractivity contribution in [1.29, 1.82) is 0 Å². The average molecular weight is 216 g/mol. The first-order valence-corrected chi connectivity index (χ1v) is 6.35. The van der Waals surface area contributed by atoms with Gasteiger partial charge < -0.3 is 10.2 Å². The number of nitrogens with one attached hydrogen (secondary N) is 1. The summed E-state index contributed by atoms with van der Waals surface area (Å²) in [6.45, 7) is 5.03. The number of carbonyl (C=O) groups is 1. The third-order valence-corrected chi connectivity index (χ3v) is 3.99. The second-order valence-corrected chi connectivity index (χ2v) is 4.96. The largest absolute Gasteiger partial charge is 0.345 e. The van der Waals surface area contributed by atoms with Crippen molar-refractivity contribution in [2.24, 2.45) is 0 Å². The number of nitrogens with zero attached hydrogens (tertiary/aromatic N) is 1. The van der Waals surface area contributed by atoms with E-state index in [2.05, 4.69) is 5.32 Å². The quantitative estimate of drug-likeness (QED) is 0.759. The third kappa shape index (κ3) is 3.88. The minimum absolute atomic E-state index is 0.260. The van der Waals surface area contributed by atoms with Gasteiger partial charge in [0.25, 0.3) is 0 Å². The summed E-state index contributed by atoms with van der Waals surface area (Å²) in [5, 5.41) is 4.01. The summed E-state index contributed by atoms with van der Waals surface area (Å²) >= 11 is 1.82. The molecular formula is C10H20N2OS. The lowest BCUT2D eigenvalue weighted by Gasteiger charge is -2.22. The average Bonchev–Trinajstić information content (AvgIpc) is 2.26. The van der Waals surface area contributed by atoms with E-state index < -0.39 is 0 Å². The van der Waals surface area contributed by atoms with Crippen molar-refractivity contribution >= 4 is 17.7 Å². The topological polar surface area (TPSA) is 32.3 Å². The molecule has 1 aliphatic rings. The number of rotatable bonds is 4. The van der Waals surface area contributed by atoms with E-state index in [0.29, 0.717) is 11.0 Å². The highest BCUT2D eigenvalue weighted by atomic mass is 32.2. The summed E-state index contributed by atoms with van der Waals surface area (Å²) < 4.78 is 0. The minimum atomic E-state index is 0.260. The molecule has 0 atom stereocenters. The Morgan fingerprint density at radius 1 is 1.50 bits per heavy atom. The van der Waals surface area contributed by atoms with E-state index in [1.165, 1.54) is 12.8 Å². The van der Waals surface area contributed by atoms with E-state index in [1.54, 1.807) is 4.90 Å². The first-order valence-electron chi connectivity index (χ1n) is 5.30. The van der Waals surface area contributed by atoms with Gasteiger partial charge in [-0.05, 0) is 32.9 Å². The molecule has 0 spiro atoms. The van der Waals surface area contributed by atoms with Gasteiger partial charge in [0.05, 0.1) is 5.75 Å². The summed E-state index contributed by atoms with van der Waals surface area (Å²) in [7, 11) is 1.87. The molecular weight excluding hydrogens is 196 g/mol. The molecule has 1 fully saturated rings. The number of hydrogen-bond acceptors (Lipinski definition) is 3. The SMILES string of the molecule is CCN(C)C(=O)CSC1CCNCC1. The minimum Gasteiger partial charge on any atom is -0.345 e. The van der Waals surface area contributed by atoms with Crippen LogP contribution in [0.15, 0.2) is 0 Å². The molecule has 0 aliphatic carbocycles. The van der Waals surface area contributed by atoms with Crippen LogP contribution in [0.3, 0.4) is 0 Å². The molecule has 0 radical (unpaired) electrons. The van der Waals surface area contributed by atoms with Gasteiger partial charge in [0.1, 0.15) is 0 Å². The maximum absolute atomic E-state index is 11.5. The van der Waals surface area contributed by atoms with Crippen LogP contribution in [0.4, 0.5) is 0 Å². The van der Waals surface area contributed by atoms with Gasteiger partial charge in [0.2, 0.25) is 5.91 Å². The Kier molecular flexibility index (Phi) is 5.33. The van der Waals surface area contributed by atoms with Crippen molar-refractivity contribution < 1.29 is 4.79 Å². The first kappa shape index (κ1) is 11.9. The molecule has 0 aromatic rings. The van der Waals surface area contributed by atoms with Crippen LogP contribution >= 0.6 is 11.8 Å². The fraction of sp³-hybridized carbons (Fsp3) is 0.900. The Bertz CT molecular complexity index is 181. The van der Waals surface area contributed by atoms with E-state index in [-0.39, 0.29) is 5.91 Å². The molecule has 1 saturated heterocycles. The molecule has 1 amide bonds. The molecule has 1 rings (SSSR count). The first-order chi connectivity index (χ1) is 6.74. The van der Waals surface area contributed by atoms with Crippen molar-refractivity contribution in [2.75, 3.05) is 32.4 Å². The highest BCUT2D eigenvalue weighted by Crippen LogP contribution is 2.20. The maximum Gasteiger partial charge on any atom is 0.232 e. The Morgan fingerprint density at radius 3 is 2.71 bits per heavy atom. The van der Waals surface area contributed by atoms with Crippen LogP contribution in [-0.4, -0.2) is 48.5 Å². The number of thioether (sulfide) groups is 1. The van der Waals surface area contributed by atoms with Crippen LogP contribution in [0.25, 0.3) is 0 Å². The van der Waals surface area contributed by atoms with Crippen LogP contribution in [0.5, 0.6) is 0 Å². The van der Waals surface area contributed by atoms with Crippen LogP contribution in [0.2, 0.25) is 0 Å². The molecule has 4 heteroatoms. The smallest absolute Gasteiger partial charge is 0.232 e. The zero-order valence-corrected chi connectivity index (χ0v) is 9.90. The Labute approximate surface area is 90.6 Å². The second kappa shape index (κ2) is 6.30. The van der Waals surface area contributed by atoms with Crippen LogP contribution in [-0.2, 0) is 4.79 Å². The molecule has 1 aliphatic heterocycles. The van der Waals surface area contributed by atoms with Crippen molar-refractivity contribution in [3.05, 3.63) is 0 Å². The highest BCUT2D eigenvalue weighted by Gasteiger charge is 2.15. The lowest BCUT2D eigenvalue weighted by molar-refractivity contribution is -0.126. The Hall–Kier alpha value is -0.220. The van der Waals surface area contributed by atoms with Gasteiger partial charge >= 0.3 is 0 Å². The van der Waals surface area contributed by atoms with Gasteiger partial charge in [-0.3, -0.25) is 4.79 Å². The molecule has 14 heavy (non-hydrogen) atoms. The lowest BCUT2D eigenvalue weighted by atomic mass is 10.2. The van der Waals surface area contributed by atoms with Gasteiger partial charge in [-0.1, -0.05) is 0 Å². The molecule has 0 aromatic carbocycles. The van der Waals surface area contributed by atoms with E-state index in [9.17, 15) is 4.79 Å². The molecule has 1 N–H and O–H groups in total. The highest BCUT2D eigenvalue weighted by molar-refractivity contribution is 8.00. The molecule has 0 aromatic heterocycles. The molecule has 0 saturated carbocycles. The number of piperidine rings is 1. The lowest BCUT2D eigenvalue weighted by Crippen LogP contribution is -2.32. The predicted octanol–water partition coefficient (Wildman–Crippen LogP) is 0.950. The van der Waals surface area contributed by atoms with Gasteiger partial charge in [0.15, 0.2) is 0 Å². The Balaban J connectivity index is 2.15. The standard InChI is InChI=1S/C10H20N2OS/c1-3-12(2)10(13)8-14-9-4-6-11-7-5-9/h9,11H,3-8H2,1-2H3. The van der Waals surface area contributed by atoms with Gasteiger partial charge in [-0.25, -0.2) is 0 Å². The summed E-state index contributed by atoms with van der Waals surface area (Å²) in [4.78, 5) is 13.3. The Morgan fingerprint density at radius 2 is 2.14 bits per heavy atom. The van der Waals surface area contributed by atoms with E-state index in [1.807, 2.05) is 25.7 Å². The van der Waals surface area contributed by atoms with Crippen LogP contribution < -0.4 is 5.32 Å². The van der Waals surface area contributed by atoms with Gasteiger partial charge in [-0.2, -0.15) is 0 Å². The third-order valence-electron chi connectivity index (χ3n) is 2.63. The van der Waals surface area contributed by atoms with Crippen molar-refractivity contribution in [2.45, 2.75) is 25.0 Å². The zero-order valence-electron chi connectivity index (χ0n) is 9.08. The summed E-state index contributed by atoms with van der Waals surface area (Å²) in [6.07, 6.45) is 2.40. The summed E-state index contributed by atoms with van der Waals surface area (Å²) in [6, 6.07) is 0. The summed E-state index contributed by atoms with van der Waals surface area (Å²) in [5.41, 5.74) is 0. The number of hydrogen-bond donors (Lipinski definition) is 1. The number of carbonyl (C=O) groups excluding carboxylic acids is 1. The zero-order chi connectivity index (χ0) is 10.4. The predicted molar refractivity (Wildman–Crippen MR) is 61.7 cm³/mol. The molecule has 0 bridgehead atoms. The normalized spacial score (nSPS) is 18.1. The maximum atomic E-state index is 11.5. The van der Waals surface area contributed by atoms with E-state index in [4.69, 9.17) is 0 Å². The van der Waals surface area contributed by atoms with Gasteiger partial charge in [0, 0.05) is 18.8 Å². The molecule has 1 heterocycles. The second-order valence-electron chi connectivity index (χ2n) is 3.67. The number of amides is 1. The van der Waals surface area contributed by atoms with Crippen LogP contribution in [0, 0.1) is 0 Å². The fourth-order valence-corrected chi connectivity index (χ4v) is 2.61. The van der Waals surface area contributed by atoms with E-state index >= 15 is 0 Å². The summed E-state index contributed by atoms with van der Waals surface area (Å²) in [5.74, 6) is 0.908. The van der Waals surface area contributed by atoms with Gasteiger partial charge in [-0.15, -0.1) is 11.8 Å². The van der Waals surface area contributed by atoms with Crippen LogP contribution in [0.1, 0.15) is 19.8 Å². The molecule has 3 nitrogen and oxygen atoms in total. The van der Waals surface area contributed by atoms with Crippen molar-refractivity contribution in [3.63, 3.8) is 0 Å². The monoisotopic (exact) mass is 216 g/mol. The van der Waals surface area contributed by atoms with Crippen molar-refractivity contribution in [1.82, 2.24) is 10.2 Å². The molecule has 82 valence electrons. The fourth-order valence-electron chi connectivity index (χ4n) is 1.44. The van der Waals surface area contributed by atoms with Crippen molar-refractivity contribution in [3.8, 4) is 0 Å².